The summed E-state index contributed by atoms with van der Waals surface area (Å²) in [5.74, 6) is 6.04. The molecule has 0 unspecified atom stereocenters. The number of nitrogens with one attached hydrogen (secondary N) is 1. The summed E-state index contributed by atoms with van der Waals surface area (Å²) in [5.41, 5.74) is 8.10. The van der Waals surface area contributed by atoms with Gasteiger partial charge >= 0.3 is 0 Å². The number of benzene rings is 1. The third-order valence-electron chi connectivity index (χ3n) is 3.79. The highest BCUT2D eigenvalue weighted by atomic mass is 32.2. The van der Waals surface area contributed by atoms with Gasteiger partial charge < -0.3 is 11.1 Å². The first-order valence-corrected chi connectivity index (χ1v) is 8.82. The van der Waals surface area contributed by atoms with Crippen molar-refractivity contribution in [1.29, 1.82) is 0 Å². The first kappa shape index (κ1) is 17.9. The van der Waals surface area contributed by atoms with Crippen molar-refractivity contribution in [3.63, 3.8) is 0 Å². The molecule has 1 aromatic carbocycles. The normalized spacial score (nSPS) is 16.7. The highest BCUT2D eigenvalue weighted by molar-refractivity contribution is 7.97. The molecule has 7 heteroatoms. The zero-order valence-electron chi connectivity index (χ0n) is 14.2. The van der Waals surface area contributed by atoms with Crippen molar-refractivity contribution in [2.75, 3.05) is 26.5 Å². The fourth-order valence-electron chi connectivity index (χ4n) is 2.82. The highest BCUT2D eigenvalue weighted by Gasteiger charge is 2.16. The Morgan fingerprint density at radius 3 is 2.52 bits per heavy atom. The summed E-state index contributed by atoms with van der Waals surface area (Å²) in [6, 6.07) is 6.78. The lowest BCUT2D eigenvalue weighted by Crippen LogP contribution is -2.28. The maximum atomic E-state index is 6.17. The van der Waals surface area contributed by atoms with E-state index >= 15 is 0 Å². The van der Waals surface area contributed by atoms with Crippen LogP contribution in [0.2, 0.25) is 0 Å². The van der Waals surface area contributed by atoms with Gasteiger partial charge in [0.25, 0.3) is 0 Å². The topological polar surface area (TPSA) is 82.9 Å². The Balaban J connectivity index is 2.27. The molecule has 1 saturated carbocycles. The first-order valence-electron chi connectivity index (χ1n) is 8.04. The maximum Gasteiger partial charge on any atom is 0.154 e. The van der Waals surface area contributed by atoms with E-state index < -0.39 is 0 Å². The second-order valence-corrected chi connectivity index (χ2v) is 7.53. The molecule has 1 aliphatic carbocycles. The molecule has 1 aromatic rings. The number of anilines is 1. The van der Waals surface area contributed by atoms with Gasteiger partial charge in [0.1, 0.15) is 0 Å². The van der Waals surface area contributed by atoms with Crippen LogP contribution in [0.4, 0.5) is 5.69 Å². The van der Waals surface area contributed by atoms with Gasteiger partial charge in [0, 0.05) is 29.2 Å². The molecular weight excluding hydrogens is 308 g/mol. The zero-order chi connectivity index (χ0) is 16.8. The van der Waals surface area contributed by atoms with Gasteiger partial charge in [-0.1, -0.05) is 19.3 Å². The SMILES string of the molecule is CN(N)/N=C(\N)c1cc(SN(C)C)ccc1NC1CCCCC1. The number of nitrogens with zero attached hydrogens (tertiary/aromatic N) is 3. The van der Waals surface area contributed by atoms with Gasteiger partial charge in [-0.2, -0.15) is 0 Å². The molecule has 5 N–H and O–H groups in total. The number of nitrogens with two attached hydrogens (primary N) is 2. The van der Waals surface area contributed by atoms with Crippen molar-refractivity contribution in [3.8, 4) is 0 Å². The Bertz CT molecular complexity index is 537. The maximum absolute atomic E-state index is 6.17. The Labute approximate surface area is 143 Å². The van der Waals surface area contributed by atoms with E-state index in [0.29, 0.717) is 11.9 Å². The molecule has 0 bridgehead atoms. The highest BCUT2D eigenvalue weighted by Crippen LogP contribution is 2.28. The Morgan fingerprint density at radius 2 is 1.91 bits per heavy atom. The predicted octanol–water partition coefficient (Wildman–Crippen LogP) is 2.43. The van der Waals surface area contributed by atoms with Crippen LogP contribution in [-0.2, 0) is 0 Å². The molecule has 6 nitrogen and oxygen atoms in total. The number of amidine groups is 1. The second-order valence-electron chi connectivity index (χ2n) is 6.15. The first-order chi connectivity index (χ1) is 11.0. The van der Waals surface area contributed by atoms with E-state index in [0.717, 1.165) is 16.1 Å². The van der Waals surface area contributed by atoms with Crippen molar-refractivity contribution >= 4 is 23.5 Å². The summed E-state index contributed by atoms with van der Waals surface area (Å²) in [4.78, 5) is 1.12. The number of hydrogen-bond acceptors (Lipinski definition) is 6. The van der Waals surface area contributed by atoms with Crippen molar-refractivity contribution in [2.45, 2.75) is 43.0 Å². The van der Waals surface area contributed by atoms with E-state index in [4.69, 9.17) is 11.6 Å². The van der Waals surface area contributed by atoms with Crippen LogP contribution in [0.5, 0.6) is 0 Å². The summed E-state index contributed by atoms with van der Waals surface area (Å²) < 4.78 is 2.05. The van der Waals surface area contributed by atoms with Crippen LogP contribution in [0.1, 0.15) is 37.7 Å². The molecule has 0 spiro atoms. The minimum Gasteiger partial charge on any atom is -0.382 e. The molecule has 0 amide bonds. The summed E-state index contributed by atoms with van der Waals surface area (Å²) in [6.07, 6.45) is 6.33. The van der Waals surface area contributed by atoms with Gasteiger partial charge in [-0.05, 0) is 57.1 Å². The van der Waals surface area contributed by atoms with Crippen molar-refractivity contribution < 1.29 is 0 Å². The Morgan fingerprint density at radius 1 is 1.22 bits per heavy atom. The van der Waals surface area contributed by atoms with Crippen molar-refractivity contribution in [3.05, 3.63) is 23.8 Å². The Hall–Kier alpha value is -1.44. The molecule has 0 radical (unpaired) electrons. The lowest BCUT2D eigenvalue weighted by atomic mass is 9.95. The molecule has 1 aliphatic rings. The summed E-state index contributed by atoms with van der Waals surface area (Å²) in [5, 5.41) is 9.05. The molecule has 0 aliphatic heterocycles. The largest absolute Gasteiger partial charge is 0.382 e. The Kier molecular flexibility index (Phi) is 6.56. The summed E-state index contributed by atoms with van der Waals surface area (Å²) in [6.45, 7) is 0. The fraction of sp³-hybridized carbons (Fsp3) is 0.562. The van der Waals surface area contributed by atoms with Crippen molar-refractivity contribution in [2.24, 2.45) is 16.7 Å². The average molecular weight is 337 g/mol. The molecule has 0 saturated heterocycles. The summed E-state index contributed by atoms with van der Waals surface area (Å²) >= 11 is 1.65. The minimum absolute atomic E-state index is 0.425. The van der Waals surface area contributed by atoms with Crippen LogP contribution < -0.4 is 16.9 Å². The summed E-state index contributed by atoms with van der Waals surface area (Å²) in [7, 11) is 5.70. The van der Waals surface area contributed by atoms with Crippen LogP contribution >= 0.6 is 11.9 Å². The molecule has 23 heavy (non-hydrogen) atoms. The number of rotatable bonds is 6. The van der Waals surface area contributed by atoms with E-state index in [9.17, 15) is 0 Å². The van der Waals surface area contributed by atoms with Crippen molar-refractivity contribution in [1.82, 2.24) is 9.42 Å². The standard InChI is InChI=1S/C16H28N6S/c1-21(2)23-13-9-10-15(19-12-7-5-4-6-8-12)14(11-13)16(17)20-22(3)18/h9-12,19H,4-8,18H2,1-3H3,(H2,17,20). The number of hydrazine groups is 1. The quantitative estimate of drug-likeness (QED) is 0.243. The van der Waals surface area contributed by atoms with E-state index in [1.165, 1.54) is 37.2 Å². The smallest absolute Gasteiger partial charge is 0.154 e. The van der Waals surface area contributed by atoms with Crippen LogP contribution in [0, 0.1) is 0 Å². The molecule has 0 atom stereocenters. The van der Waals surface area contributed by atoms with Gasteiger partial charge in [-0.3, -0.25) is 4.31 Å². The predicted molar refractivity (Wildman–Crippen MR) is 99.2 cm³/mol. The van der Waals surface area contributed by atoms with E-state index in [1.807, 2.05) is 14.1 Å². The van der Waals surface area contributed by atoms with Crippen LogP contribution in [-0.4, -0.2) is 42.4 Å². The molecule has 0 heterocycles. The van der Waals surface area contributed by atoms with Crippen LogP contribution in [0.25, 0.3) is 0 Å². The monoisotopic (exact) mass is 336 g/mol. The zero-order valence-corrected chi connectivity index (χ0v) is 15.1. The van der Waals surface area contributed by atoms with Gasteiger partial charge in [0.05, 0.1) is 0 Å². The number of hydrazone groups is 1. The minimum atomic E-state index is 0.425. The van der Waals surface area contributed by atoms with E-state index in [-0.39, 0.29) is 0 Å². The van der Waals surface area contributed by atoms with Crippen LogP contribution in [0.3, 0.4) is 0 Å². The third kappa shape index (κ3) is 5.60. The number of hydrogen-bond donors (Lipinski definition) is 3. The van der Waals surface area contributed by atoms with Gasteiger partial charge in [-0.15, -0.1) is 5.10 Å². The molecule has 128 valence electrons. The second kappa shape index (κ2) is 8.42. The van der Waals surface area contributed by atoms with Gasteiger partial charge in [0.15, 0.2) is 5.84 Å². The van der Waals surface area contributed by atoms with Crippen LogP contribution in [0.15, 0.2) is 28.2 Å². The van der Waals surface area contributed by atoms with E-state index in [2.05, 4.69) is 32.9 Å². The fourth-order valence-corrected chi connectivity index (χ4v) is 3.54. The lowest BCUT2D eigenvalue weighted by Gasteiger charge is -2.25. The third-order valence-corrected chi connectivity index (χ3v) is 4.62. The van der Waals surface area contributed by atoms with E-state index in [1.54, 1.807) is 19.0 Å². The molecular formula is C16H28N6S. The molecule has 1 fully saturated rings. The lowest BCUT2D eigenvalue weighted by molar-refractivity contribution is 0.371. The van der Waals surface area contributed by atoms with Gasteiger partial charge in [0.2, 0.25) is 0 Å². The molecule has 0 aromatic heterocycles. The molecule has 2 rings (SSSR count). The average Bonchev–Trinajstić information content (AvgIpc) is 2.48. The van der Waals surface area contributed by atoms with Gasteiger partial charge in [-0.25, -0.2) is 11.0 Å².